The van der Waals surface area contributed by atoms with Crippen molar-refractivity contribution in [1.82, 2.24) is 10.3 Å². The fourth-order valence-corrected chi connectivity index (χ4v) is 2.68. The van der Waals surface area contributed by atoms with E-state index in [-0.39, 0.29) is 0 Å². The van der Waals surface area contributed by atoms with Crippen LogP contribution < -0.4 is 5.32 Å². The minimum Gasteiger partial charge on any atom is -0.372 e. The maximum absolute atomic E-state index is 6.04. The van der Waals surface area contributed by atoms with Gasteiger partial charge in [-0.15, -0.1) is 0 Å². The highest BCUT2D eigenvalue weighted by atomic mass is 16.5. The van der Waals surface area contributed by atoms with Crippen molar-refractivity contribution in [3.05, 3.63) is 41.6 Å². The van der Waals surface area contributed by atoms with Crippen LogP contribution in [0.4, 0.5) is 0 Å². The Kier molecular flexibility index (Phi) is 3.76. The topological polar surface area (TPSA) is 34.1 Å². The van der Waals surface area contributed by atoms with Crippen molar-refractivity contribution in [3.8, 4) is 0 Å². The molecule has 1 aliphatic rings. The number of nitrogens with zero attached hydrogens (tertiary/aromatic N) is 1. The minimum absolute atomic E-state index is 0.348. The van der Waals surface area contributed by atoms with E-state index >= 15 is 0 Å². The Hall–Kier alpha value is -1.45. The van der Waals surface area contributed by atoms with Crippen LogP contribution >= 0.6 is 0 Å². The summed E-state index contributed by atoms with van der Waals surface area (Å²) in [6.45, 7) is 4.81. The molecule has 0 radical (unpaired) electrons. The predicted octanol–water partition coefficient (Wildman–Crippen LogP) is 2.81. The largest absolute Gasteiger partial charge is 0.372 e. The van der Waals surface area contributed by atoms with Crippen molar-refractivity contribution in [2.45, 2.75) is 32.5 Å². The van der Waals surface area contributed by atoms with Gasteiger partial charge in [0, 0.05) is 17.6 Å². The molecule has 0 amide bonds. The molecule has 0 saturated carbocycles. The minimum atomic E-state index is 0.348. The molecule has 1 atom stereocenters. The van der Waals surface area contributed by atoms with E-state index in [1.807, 2.05) is 13.0 Å². The number of pyridine rings is 1. The Morgan fingerprint density at radius 3 is 3.11 bits per heavy atom. The molecule has 100 valence electrons. The van der Waals surface area contributed by atoms with E-state index in [0.29, 0.717) is 12.7 Å². The molecule has 1 aromatic carbocycles. The van der Waals surface area contributed by atoms with E-state index < -0.39 is 0 Å². The van der Waals surface area contributed by atoms with Crippen LogP contribution in [0.15, 0.2) is 30.3 Å². The van der Waals surface area contributed by atoms with Crippen LogP contribution in [-0.4, -0.2) is 24.2 Å². The van der Waals surface area contributed by atoms with Crippen molar-refractivity contribution in [1.29, 1.82) is 0 Å². The molecule has 1 saturated heterocycles. The molecule has 2 heterocycles. The Labute approximate surface area is 114 Å². The smallest absolute Gasteiger partial charge is 0.0728 e. The summed E-state index contributed by atoms with van der Waals surface area (Å²) < 4.78 is 6.04. The normalized spacial score (nSPS) is 19.7. The van der Waals surface area contributed by atoms with E-state index in [9.17, 15) is 0 Å². The molecule has 0 unspecified atom stereocenters. The van der Waals surface area contributed by atoms with Crippen molar-refractivity contribution in [2.75, 3.05) is 13.1 Å². The van der Waals surface area contributed by atoms with E-state index in [1.54, 1.807) is 0 Å². The lowest BCUT2D eigenvalue weighted by Crippen LogP contribution is -2.35. The molecule has 2 aromatic rings. The third-order valence-corrected chi connectivity index (χ3v) is 3.66. The van der Waals surface area contributed by atoms with Gasteiger partial charge in [0.1, 0.15) is 0 Å². The molecule has 0 spiro atoms. The number of benzene rings is 1. The molecule has 0 bridgehead atoms. The van der Waals surface area contributed by atoms with E-state index in [4.69, 9.17) is 4.74 Å². The van der Waals surface area contributed by atoms with Gasteiger partial charge in [-0.1, -0.05) is 18.2 Å². The molecule has 3 heteroatoms. The summed E-state index contributed by atoms with van der Waals surface area (Å²) in [6, 6.07) is 10.4. The number of hydrogen-bond acceptors (Lipinski definition) is 3. The predicted molar refractivity (Wildman–Crippen MR) is 77.2 cm³/mol. The highest BCUT2D eigenvalue weighted by Crippen LogP contribution is 2.20. The lowest BCUT2D eigenvalue weighted by Gasteiger charge is -2.23. The molecule has 19 heavy (non-hydrogen) atoms. The van der Waals surface area contributed by atoms with Gasteiger partial charge in [0.25, 0.3) is 0 Å². The monoisotopic (exact) mass is 256 g/mol. The summed E-state index contributed by atoms with van der Waals surface area (Å²) in [5.74, 6) is 0. The van der Waals surface area contributed by atoms with E-state index in [1.165, 1.54) is 17.4 Å². The number of piperidine rings is 1. The van der Waals surface area contributed by atoms with Gasteiger partial charge in [-0.2, -0.15) is 0 Å². The Morgan fingerprint density at radius 1 is 1.37 bits per heavy atom. The number of aromatic nitrogens is 1. The average molecular weight is 256 g/mol. The van der Waals surface area contributed by atoms with Gasteiger partial charge >= 0.3 is 0 Å². The van der Waals surface area contributed by atoms with Gasteiger partial charge in [-0.25, -0.2) is 0 Å². The fraction of sp³-hybridized carbons (Fsp3) is 0.438. The highest BCUT2D eigenvalue weighted by Gasteiger charge is 2.14. The Bertz CT molecular complexity index is 562. The van der Waals surface area contributed by atoms with Crippen molar-refractivity contribution < 1.29 is 4.74 Å². The Morgan fingerprint density at radius 2 is 2.26 bits per heavy atom. The third-order valence-electron chi connectivity index (χ3n) is 3.66. The first-order valence-corrected chi connectivity index (χ1v) is 7.00. The van der Waals surface area contributed by atoms with Gasteiger partial charge in [0.15, 0.2) is 0 Å². The summed E-state index contributed by atoms with van der Waals surface area (Å²) >= 11 is 0. The van der Waals surface area contributed by atoms with Crippen molar-refractivity contribution in [2.24, 2.45) is 0 Å². The van der Waals surface area contributed by atoms with Crippen LogP contribution in [-0.2, 0) is 11.3 Å². The second kappa shape index (κ2) is 5.68. The Balaban J connectivity index is 1.79. The van der Waals surface area contributed by atoms with E-state index in [2.05, 4.69) is 34.6 Å². The lowest BCUT2D eigenvalue weighted by molar-refractivity contribution is 0.0258. The van der Waals surface area contributed by atoms with Crippen molar-refractivity contribution in [3.63, 3.8) is 0 Å². The third kappa shape index (κ3) is 2.94. The number of hydrogen-bond donors (Lipinski definition) is 1. The number of para-hydroxylation sites is 1. The summed E-state index contributed by atoms with van der Waals surface area (Å²) in [5, 5.41) is 4.59. The maximum Gasteiger partial charge on any atom is 0.0728 e. The van der Waals surface area contributed by atoms with Gasteiger partial charge in [0.2, 0.25) is 0 Å². The molecule has 1 aromatic heterocycles. The second-order valence-corrected chi connectivity index (χ2v) is 5.22. The van der Waals surface area contributed by atoms with Gasteiger partial charge < -0.3 is 10.1 Å². The van der Waals surface area contributed by atoms with E-state index in [0.717, 1.165) is 30.7 Å². The SMILES string of the molecule is Cc1cc(CO[C@H]2CCCNC2)c2ccccc2n1. The first-order chi connectivity index (χ1) is 9.33. The molecule has 1 N–H and O–H groups in total. The van der Waals surface area contributed by atoms with Gasteiger partial charge in [0.05, 0.1) is 18.2 Å². The molecule has 3 rings (SSSR count). The van der Waals surface area contributed by atoms with Crippen molar-refractivity contribution >= 4 is 10.9 Å². The zero-order valence-corrected chi connectivity index (χ0v) is 11.4. The highest BCUT2D eigenvalue weighted by molar-refractivity contribution is 5.82. The number of aryl methyl sites for hydroxylation is 1. The summed E-state index contributed by atoms with van der Waals surface area (Å²) in [4.78, 5) is 4.56. The van der Waals surface area contributed by atoms with Crippen LogP contribution in [0.1, 0.15) is 24.1 Å². The first-order valence-electron chi connectivity index (χ1n) is 7.00. The molecule has 0 aliphatic carbocycles. The lowest BCUT2D eigenvalue weighted by atomic mass is 10.1. The van der Waals surface area contributed by atoms with Gasteiger partial charge in [-0.05, 0) is 44.0 Å². The average Bonchev–Trinajstić information content (AvgIpc) is 2.45. The molecule has 1 fully saturated rings. The zero-order chi connectivity index (χ0) is 13.1. The maximum atomic E-state index is 6.04. The molecular formula is C16H20N2O. The van der Waals surface area contributed by atoms with Crippen LogP contribution in [0.5, 0.6) is 0 Å². The van der Waals surface area contributed by atoms with Crippen LogP contribution in [0.25, 0.3) is 10.9 Å². The number of fused-ring (bicyclic) bond motifs is 1. The first kappa shape index (κ1) is 12.6. The summed E-state index contributed by atoms with van der Waals surface area (Å²) in [7, 11) is 0. The molecule has 3 nitrogen and oxygen atoms in total. The number of rotatable bonds is 3. The van der Waals surface area contributed by atoms with Crippen LogP contribution in [0, 0.1) is 6.92 Å². The summed E-state index contributed by atoms with van der Waals surface area (Å²) in [5.41, 5.74) is 3.36. The zero-order valence-electron chi connectivity index (χ0n) is 11.4. The molecule has 1 aliphatic heterocycles. The fourth-order valence-electron chi connectivity index (χ4n) is 2.68. The molecular weight excluding hydrogens is 236 g/mol. The second-order valence-electron chi connectivity index (χ2n) is 5.22. The quantitative estimate of drug-likeness (QED) is 0.917. The van der Waals surface area contributed by atoms with Gasteiger partial charge in [-0.3, -0.25) is 4.98 Å². The number of ether oxygens (including phenoxy) is 1. The standard InChI is InChI=1S/C16H20N2O/c1-12-9-13(11-19-14-5-4-8-17-10-14)15-6-2-3-7-16(15)18-12/h2-3,6-7,9,14,17H,4-5,8,10-11H2,1H3/t14-/m0/s1. The van der Waals surface area contributed by atoms with Crippen LogP contribution in [0.3, 0.4) is 0 Å². The van der Waals surface area contributed by atoms with Crippen LogP contribution in [0.2, 0.25) is 0 Å². The summed E-state index contributed by atoms with van der Waals surface area (Å²) in [6.07, 6.45) is 2.72. The number of nitrogens with one attached hydrogen (secondary N) is 1.